The van der Waals surface area contributed by atoms with Gasteiger partial charge in [-0.05, 0) is 48.0 Å². The van der Waals surface area contributed by atoms with E-state index in [1.165, 1.54) is 11.3 Å². The van der Waals surface area contributed by atoms with Gasteiger partial charge in [-0.25, -0.2) is 4.99 Å². The van der Waals surface area contributed by atoms with Crippen molar-refractivity contribution < 1.29 is 9.47 Å². The Morgan fingerprint density at radius 2 is 1.63 bits per heavy atom. The fraction of sp³-hybridized carbons (Fsp3) is 0.200. The van der Waals surface area contributed by atoms with Crippen molar-refractivity contribution in [1.29, 1.82) is 0 Å². The molecule has 4 rings (SSSR count). The highest BCUT2D eigenvalue weighted by Gasteiger charge is 2.16. The molecule has 0 bridgehead atoms. The van der Waals surface area contributed by atoms with E-state index in [4.69, 9.17) is 9.47 Å². The van der Waals surface area contributed by atoms with Gasteiger partial charge in [-0.15, -0.1) is 0 Å². The summed E-state index contributed by atoms with van der Waals surface area (Å²) in [5.74, 6) is 1.59. The summed E-state index contributed by atoms with van der Waals surface area (Å²) in [6, 6.07) is 15.4. The van der Waals surface area contributed by atoms with E-state index >= 15 is 0 Å². The van der Waals surface area contributed by atoms with Crippen molar-refractivity contribution >= 4 is 23.1 Å². The molecule has 2 heterocycles. The summed E-state index contributed by atoms with van der Waals surface area (Å²) in [7, 11) is 3.28. The van der Waals surface area contributed by atoms with Gasteiger partial charge in [0.2, 0.25) is 0 Å². The summed E-state index contributed by atoms with van der Waals surface area (Å²) in [5, 5.41) is 0. The normalized spacial score (nSPS) is 13.9. The number of anilines is 1. The van der Waals surface area contributed by atoms with Crippen LogP contribution in [-0.4, -0.2) is 25.5 Å². The molecule has 0 saturated heterocycles. The average molecular weight is 381 g/mol. The third-order valence-corrected chi connectivity index (χ3v) is 5.47. The van der Waals surface area contributed by atoms with Crippen LogP contribution in [0.15, 0.2) is 58.3 Å². The number of hydrogen-bond acceptors (Lipinski definition) is 6. The van der Waals surface area contributed by atoms with E-state index in [9.17, 15) is 4.79 Å². The van der Waals surface area contributed by atoms with E-state index in [0.29, 0.717) is 17.9 Å². The molecule has 1 aromatic heterocycles. The number of benzene rings is 2. The fourth-order valence-corrected chi connectivity index (χ4v) is 3.88. The number of hydrogen-bond donors (Lipinski definition) is 0. The van der Waals surface area contributed by atoms with Crippen molar-refractivity contribution in [3.05, 3.63) is 73.8 Å². The highest BCUT2D eigenvalue weighted by molar-refractivity contribution is 7.07. The van der Waals surface area contributed by atoms with Crippen LogP contribution in [-0.2, 0) is 6.67 Å². The Morgan fingerprint density at radius 1 is 1.00 bits per heavy atom. The topological polar surface area (TPSA) is 56.1 Å². The second-order valence-electron chi connectivity index (χ2n) is 6.08. The zero-order chi connectivity index (χ0) is 18.8. The lowest BCUT2D eigenvalue weighted by Crippen LogP contribution is -2.42. The van der Waals surface area contributed by atoms with Gasteiger partial charge in [0.25, 0.3) is 5.56 Å². The molecule has 0 aliphatic carbocycles. The first-order valence-electron chi connectivity index (χ1n) is 8.47. The van der Waals surface area contributed by atoms with Crippen molar-refractivity contribution in [2.24, 2.45) is 4.99 Å². The van der Waals surface area contributed by atoms with Crippen molar-refractivity contribution in [3.8, 4) is 11.5 Å². The van der Waals surface area contributed by atoms with Gasteiger partial charge in [0, 0.05) is 5.69 Å². The maximum absolute atomic E-state index is 12.8. The van der Waals surface area contributed by atoms with Gasteiger partial charge in [-0.1, -0.05) is 23.5 Å². The lowest BCUT2D eigenvalue weighted by molar-refractivity contribution is 0.414. The van der Waals surface area contributed by atoms with E-state index in [2.05, 4.69) is 9.89 Å². The molecule has 27 heavy (non-hydrogen) atoms. The molecule has 0 spiro atoms. The lowest BCUT2D eigenvalue weighted by atomic mass is 10.2. The van der Waals surface area contributed by atoms with E-state index in [1.807, 2.05) is 54.6 Å². The molecule has 1 aliphatic rings. The smallest absolute Gasteiger partial charge is 0.271 e. The Balaban J connectivity index is 1.64. The summed E-state index contributed by atoms with van der Waals surface area (Å²) in [6.07, 6.45) is 1.89. The first-order chi connectivity index (χ1) is 13.2. The molecular formula is C20H19N3O3S. The van der Waals surface area contributed by atoms with Gasteiger partial charge in [-0.2, -0.15) is 0 Å². The summed E-state index contributed by atoms with van der Waals surface area (Å²) < 4.78 is 12.8. The van der Waals surface area contributed by atoms with Crippen LogP contribution in [0.4, 0.5) is 5.69 Å². The third kappa shape index (κ3) is 3.46. The zero-order valence-electron chi connectivity index (χ0n) is 15.1. The molecule has 0 saturated carbocycles. The Hall–Kier alpha value is -3.06. The number of fused-ring (bicyclic) bond motifs is 1. The summed E-state index contributed by atoms with van der Waals surface area (Å²) in [5.41, 5.74) is 1.94. The van der Waals surface area contributed by atoms with Crippen LogP contribution in [0.3, 0.4) is 0 Å². The second-order valence-corrected chi connectivity index (χ2v) is 7.09. The molecule has 0 atom stereocenters. The summed E-state index contributed by atoms with van der Waals surface area (Å²) in [6.45, 7) is 1.01. The summed E-state index contributed by atoms with van der Waals surface area (Å²) in [4.78, 5) is 20.2. The molecule has 1 aliphatic heterocycles. The van der Waals surface area contributed by atoms with Gasteiger partial charge in [0.05, 0.1) is 18.8 Å². The van der Waals surface area contributed by atoms with E-state index < -0.39 is 0 Å². The molecule has 2 aromatic carbocycles. The molecule has 3 aromatic rings. The van der Waals surface area contributed by atoms with E-state index in [-0.39, 0.29) is 5.56 Å². The van der Waals surface area contributed by atoms with Crippen LogP contribution in [0.1, 0.15) is 5.56 Å². The minimum absolute atomic E-state index is 0.0206. The van der Waals surface area contributed by atoms with Gasteiger partial charge in [0.1, 0.15) is 24.8 Å². The number of nitrogens with zero attached hydrogens (tertiary/aromatic N) is 3. The standard InChI is InChI=1S/C20H19N3O3S/c1-25-16-7-3-14(4-8-16)11-18-19(24)23-13-22(12-21-20(23)27-18)15-5-9-17(26-2)10-6-15/h3-11H,12-13H2,1-2H3/b18-11-. The maximum atomic E-state index is 12.8. The second kappa shape index (κ2) is 7.28. The van der Waals surface area contributed by atoms with Crippen LogP contribution in [0.25, 0.3) is 6.08 Å². The van der Waals surface area contributed by atoms with E-state index in [0.717, 1.165) is 27.6 Å². The SMILES string of the molecule is COc1ccc(/C=c2\sc3n(c2=O)CN(c2ccc(OC)cc2)CN=3)cc1. The van der Waals surface area contributed by atoms with Crippen LogP contribution in [0.2, 0.25) is 0 Å². The molecule has 0 N–H and O–H groups in total. The van der Waals surface area contributed by atoms with Crippen molar-refractivity contribution in [2.75, 3.05) is 25.8 Å². The van der Waals surface area contributed by atoms with Crippen LogP contribution < -0.4 is 29.3 Å². The summed E-state index contributed by atoms with van der Waals surface area (Å²) >= 11 is 1.42. The highest BCUT2D eigenvalue weighted by Crippen LogP contribution is 2.20. The minimum Gasteiger partial charge on any atom is -0.497 e. The molecule has 0 unspecified atom stereocenters. The predicted octanol–water partition coefficient (Wildman–Crippen LogP) is 1.81. The number of thiazole rings is 1. The molecule has 138 valence electrons. The molecule has 7 heteroatoms. The van der Waals surface area contributed by atoms with Gasteiger partial charge in [-0.3, -0.25) is 9.36 Å². The molecular weight excluding hydrogens is 362 g/mol. The van der Waals surface area contributed by atoms with Gasteiger partial charge >= 0.3 is 0 Å². The lowest BCUT2D eigenvalue weighted by Gasteiger charge is -2.25. The highest BCUT2D eigenvalue weighted by atomic mass is 32.1. The monoisotopic (exact) mass is 381 g/mol. The van der Waals surface area contributed by atoms with Crippen LogP contribution in [0, 0.1) is 0 Å². The zero-order valence-corrected chi connectivity index (χ0v) is 15.9. The van der Waals surface area contributed by atoms with Crippen molar-refractivity contribution in [1.82, 2.24) is 4.57 Å². The first-order valence-corrected chi connectivity index (χ1v) is 9.28. The average Bonchev–Trinajstić information content (AvgIpc) is 3.03. The molecule has 0 fully saturated rings. The number of ether oxygens (including phenoxy) is 2. The number of methoxy groups -OCH3 is 2. The van der Waals surface area contributed by atoms with Crippen LogP contribution >= 0.6 is 11.3 Å². The Morgan fingerprint density at radius 3 is 2.26 bits per heavy atom. The van der Waals surface area contributed by atoms with Gasteiger partial charge < -0.3 is 14.4 Å². The molecule has 0 radical (unpaired) electrons. The van der Waals surface area contributed by atoms with Crippen LogP contribution in [0.5, 0.6) is 11.5 Å². The number of aromatic nitrogens is 1. The van der Waals surface area contributed by atoms with Crippen molar-refractivity contribution in [2.45, 2.75) is 6.67 Å². The Bertz CT molecular complexity index is 1120. The van der Waals surface area contributed by atoms with Crippen molar-refractivity contribution in [3.63, 3.8) is 0 Å². The largest absolute Gasteiger partial charge is 0.497 e. The minimum atomic E-state index is -0.0206. The maximum Gasteiger partial charge on any atom is 0.271 e. The molecule has 0 amide bonds. The Kier molecular flexibility index (Phi) is 4.68. The number of rotatable bonds is 4. The van der Waals surface area contributed by atoms with E-state index in [1.54, 1.807) is 18.8 Å². The first kappa shape index (κ1) is 17.4. The van der Waals surface area contributed by atoms with Gasteiger partial charge in [0.15, 0.2) is 4.80 Å². The Labute approximate surface area is 160 Å². The predicted molar refractivity (Wildman–Crippen MR) is 106 cm³/mol. The third-order valence-electron chi connectivity index (χ3n) is 4.43. The fourth-order valence-electron chi connectivity index (χ4n) is 2.92. The quantitative estimate of drug-likeness (QED) is 0.692. The molecule has 6 nitrogen and oxygen atoms in total.